The van der Waals surface area contributed by atoms with Crippen molar-refractivity contribution in [3.63, 3.8) is 0 Å². The molecule has 0 radical (unpaired) electrons. The normalized spacial score (nSPS) is 13.4. The predicted molar refractivity (Wildman–Crippen MR) is 81.1 cm³/mol. The molecule has 0 aliphatic carbocycles. The molecule has 5 nitrogen and oxygen atoms in total. The molecule has 1 aromatic heterocycles. The first-order chi connectivity index (χ1) is 9.60. The number of aromatic nitrogens is 1. The number of thiazole rings is 1. The summed E-state index contributed by atoms with van der Waals surface area (Å²) < 4.78 is 0. The Morgan fingerprint density at radius 2 is 2.15 bits per heavy atom. The molecule has 20 heavy (non-hydrogen) atoms. The van der Waals surface area contributed by atoms with E-state index < -0.39 is 0 Å². The van der Waals surface area contributed by atoms with Crippen LogP contribution in [0, 0.1) is 6.92 Å². The van der Waals surface area contributed by atoms with E-state index in [1.54, 1.807) is 11.3 Å². The molecule has 1 heterocycles. The van der Waals surface area contributed by atoms with Crippen molar-refractivity contribution in [2.75, 3.05) is 0 Å². The van der Waals surface area contributed by atoms with Crippen LogP contribution in [-0.4, -0.2) is 16.0 Å². The SMILES string of the molecule is Cc1csc(C(C)NCc2ccc(C(N)=NO)cc2)n1. The fourth-order valence-electron chi connectivity index (χ4n) is 1.78. The highest BCUT2D eigenvalue weighted by Gasteiger charge is 2.08. The highest BCUT2D eigenvalue weighted by atomic mass is 32.1. The molecule has 1 atom stereocenters. The standard InChI is InChI=1S/C14H18N4OS/c1-9-8-20-14(17-9)10(2)16-7-11-3-5-12(6-4-11)13(15)18-19/h3-6,8,10,16,19H,7H2,1-2H3,(H2,15,18). The topological polar surface area (TPSA) is 83.5 Å². The molecular weight excluding hydrogens is 272 g/mol. The molecule has 0 saturated heterocycles. The molecule has 4 N–H and O–H groups in total. The molecule has 0 aliphatic rings. The van der Waals surface area contributed by atoms with E-state index >= 15 is 0 Å². The van der Waals surface area contributed by atoms with Gasteiger partial charge in [-0.15, -0.1) is 11.3 Å². The number of oxime groups is 1. The molecular formula is C14H18N4OS. The van der Waals surface area contributed by atoms with Gasteiger partial charge in [0.2, 0.25) is 0 Å². The molecule has 106 valence electrons. The Kier molecular flexibility index (Phi) is 4.70. The van der Waals surface area contributed by atoms with E-state index in [0.29, 0.717) is 5.56 Å². The number of nitrogens with zero attached hydrogens (tertiary/aromatic N) is 2. The highest BCUT2D eigenvalue weighted by molar-refractivity contribution is 7.09. The van der Waals surface area contributed by atoms with Crippen LogP contribution in [0.1, 0.15) is 34.8 Å². The Labute approximate surface area is 122 Å². The summed E-state index contributed by atoms with van der Waals surface area (Å²) in [6, 6.07) is 7.81. The lowest BCUT2D eigenvalue weighted by atomic mass is 10.1. The van der Waals surface area contributed by atoms with Crippen LogP contribution in [0.3, 0.4) is 0 Å². The fourth-order valence-corrected chi connectivity index (χ4v) is 2.61. The minimum Gasteiger partial charge on any atom is -0.409 e. The molecule has 0 bridgehead atoms. The van der Waals surface area contributed by atoms with E-state index in [9.17, 15) is 0 Å². The molecule has 1 unspecified atom stereocenters. The molecule has 2 rings (SSSR count). The maximum atomic E-state index is 8.61. The lowest BCUT2D eigenvalue weighted by molar-refractivity contribution is 0.318. The summed E-state index contributed by atoms with van der Waals surface area (Å²) in [7, 11) is 0. The van der Waals surface area contributed by atoms with Crippen LogP contribution in [-0.2, 0) is 6.54 Å². The number of benzene rings is 1. The first-order valence-electron chi connectivity index (χ1n) is 6.32. The maximum Gasteiger partial charge on any atom is 0.170 e. The van der Waals surface area contributed by atoms with Gasteiger partial charge in [0.15, 0.2) is 5.84 Å². The second-order valence-electron chi connectivity index (χ2n) is 4.61. The molecule has 0 saturated carbocycles. The third-order valence-electron chi connectivity index (χ3n) is 2.98. The number of hydrogen-bond acceptors (Lipinski definition) is 5. The van der Waals surface area contributed by atoms with E-state index in [2.05, 4.69) is 27.8 Å². The van der Waals surface area contributed by atoms with Crippen molar-refractivity contribution in [3.8, 4) is 0 Å². The molecule has 0 fully saturated rings. The summed E-state index contributed by atoms with van der Waals surface area (Å²) in [5, 5.41) is 18.2. The smallest absolute Gasteiger partial charge is 0.170 e. The van der Waals surface area contributed by atoms with Crippen molar-refractivity contribution in [1.82, 2.24) is 10.3 Å². The Morgan fingerprint density at radius 1 is 1.45 bits per heavy atom. The zero-order chi connectivity index (χ0) is 14.5. The van der Waals surface area contributed by atoms with Crippen molar-refractivity contribution >= 4 is 17.2 Å². The largest absolute Gasteiger partial charge is 0.409 e. The molecule has 1 aromatic carbocycles. The number of rotatable bonds is 5. The molecule has 0 spiro atoms. The molecule has 0 amide bonds. The Balaban J connectivity index is 1.94. The summed E-state index contributed by atoms with van der Waals surface area (Å²) in [6.45, 7) is 4.85. The van der Waals surface area contributed by atoms with Gasteiger partial charge >= 0.3 is 0 Å². The van der Waals surface area contributed by atoms with Gasteiger partial charge in [-0.05, 0) is 19.4 Å². The Hall–Kier alpha value is -1.92. The van der Waals surface area contributed by atoms with Crippen LogP contribution < -0.4 is 11.1 Å². The van der Waals surface area contributed by atoms with Gasteiger partial charge in [-0.2, -0.15) is 0 Å². The summed E-state index contributed by atoms with van der Waals surface area (Å²) in [5.41, 5.74) is 8.43. The second kappa shape index (κ2) is 6.49. The number of hydrogen-bond donors (Lipinski definition) is 3. The number of aryl methyl sites for hydroxylation is 1. The third kappa shape index (κ3) is 3.55. The average Bonchev–Trinajstić information content (AvgIpc) is 2.91. The maximum absolute atomic E-state index is 8.61. The van der Waals surface area contributed by atoms with E-state index in [0.717, 1.165) is 22.8 Å². The van der Waals surface area contributed by atoms with Crippen LogP contribution in [0.4, 0.5) is 0 Å². The molecule has 0 aliphatic heterocycles. The number of nitrogens with two attached hydrogens (primary N) is 1. The van der Waals surface area contributed by atoms with Crippen molar-refractivity contribution < 1.29 is 5.21 Å². The van der Waals surface area contributed by atoms with Gasteiger partial charge < -0.3 is 16.3 Å². The van der Waals surface area contributed by atoms with Crippen molar-refractivity contribution in [3.05, 3.63) is 51.5 Å². The van der Waals surface area contributed by atoms with Crippen molar-refractivity contribution in [2.45, 2.75) is 26.4 Å². The van der Waals surface area contributed by atoms with Crippen LogP contribution in [0.15, 0.2) is 34.8 Å². The summed E-state index contributed by atoms with van der Waals surface area (Å²) in [5.74, 6) is 0.121. The minimum absolute atomic E-state index is 0.121. The first-order valence-corrected chi connectivity index (χ1v) is 7.20. The van der Waals surface area contributed by atoms with Crippen LogP contribution >= 0.6 is 11.3 Å². The van der Waals surface area contributed by atoms with Gasteiger partial charge in [-0.1, -0.05) is 29.4 Å². The Bertz CT molecular complexity index is 591. The van der Waals surface area contributed by atoms with E-state index in [1.807, 2.05) is 31.2 Å². The lowest BCUT2D eigenvalue weighted by Crippen LogP contribution is -2.18. The number of amidine groups is 1. The van der Waals surface area contributed by atoms with Crippen LogP contribution in [0.2, 0.25) is 0 Å². The fraction of sp³-hybridized carbons (Fsp3) is 0.286. The summed E-state index contributed by atoms with van der Waals surface area (Å²) >= 11 is 1.67. The molecule has 2 aromatic rings. The van der Waals surface area contributed by atoms with Gasteiger partial charge in [-0.25, -0.2) is 4.98 Å². The zero-order valence-electron chi connectivity index (χ0n) is 11.5. The van der Waals surface area contributed by atoms with Gasteiger partial charge in [0.05, 0.1) is 6.04 Å². The lowest BCUT2D eigenvalue weighted by Gasteiger charge is -2.11. The molecule has 6 heteroatoms. The van der Waals surface area contributed by atoms with Gasteiger partial charge in [0, 0.05) is 23.2 Å². The average molecular weight is 290 g/mol. The highest BCUT2D eigenvalue weighted by Crippen LogP contribution is 2.18. The van der Waals surface area contributed by atoms with E-state index in [4.69, 9.17) is 10.9 Å². The monoisotopic (exact) mass is 290 g/mol. The summed E-state index contributed by atoms with van der Waals surface area (Å²) in [6.07, 6.45) is 0. The first kappa shape index (κ1) is 14.5. The van der Waals surface area contributed by atoms with E-state index in [-0.39, 0.29) is 11.9 Å². The van der Waals surface area contributed by atoms with E-state index in [1.165, 1.54) is 0 Å². The number of nitrogens with one attached hydrogen (secondary N) is 1. The van der Waals surface area contributed by atoms with Crippen LogP contribution in [0.25, 0.3) is 0 Å². The Morgan fingerprint density at radius 3 is 2.70 bits per heavy atom. The van der Waals surface area contributed by atoms with Gasteiger partial charge in [0.1, 0.15) is 5.01 Å². The van der Waals surface area contributed by atoms with Gasteiger partial charge in [0.25, 0.3) is 0 Å². The van der Waals surface area contributed by atoms with Crippen molar-refractivity contribution in [2.24, 2.45) is 10.9 Å². The van der Waals surface area contributed by atoms with Crippen molar-refractivity contribution in [1.29, 1.82) is 0 Å². The summed E-state index contributed by atoms with van der Waals surface area (Å²) in [4.78, 5) is 4.47. The zero-order valence-corrected chi connectivity index (χ0v) is 12.3. The quantitative estimate of drug-likeness (QED) is 0.342. The van der Waals surface area contributed by atoms with Gasteiger partial charge in [-0.3, -0.25) is 0 Å². The third-order valence-corrected chi connectivity index (χ3v) is 4.12. The predicted octanol–water partition coefficient (Wildman–Crippen LogP) is 2.40. The second-order valence-corrected chi connectivity index (χ2v) is 5.50. The van der Waals surface area contributed by atoms with Crippen LogP contribution in [0.5, 0.6) is 0 Å². The minimum atomic E-state index is 0.121.